The average Bonchev–Trinajstić information content (AvgIpc) is 3.40. The summed E-state index contributed by atoms with van der Waals surface area (Å²) in [4.78, 5) is 59.7. The van der Waals surface area contributed by atoms with E-state index in [2.05, 4.69) is 0 Å². The van der Waals surface area contributed by atoms with Crippen LogP contribution in [0.15, 0.2) is 36.4 Å². The molecule has 45 heavy (non-hydrogen) atoms. The van der Waals surface area contributed by atoms with E-state index in [4.69, 9.17) is 4.74 Å². The number of piperazine rings is 1. The SMILES string of the molecule is CC[n+]1c(CN2C(=O)c3ccccc3C2=O)n(C[C@H](C)O)c2cc(N(C)C)c(C(=O)N3CCN(C(=O)OC(C)(C)C)CC3)cc21. The van der Waals surface area contributed by atoms with E-state index in [1.165, 1.54) is 4.90 Å². The highest BCUT2D eigenvalue weighted by atomic mass is 16.6. The van der Waals surface area contributed by atoms with Crippen LogP contribution in [0.25, 0.3) is 11.0 Å². The molecule has 0 aliphatic carbocycles. The van der Waals surface area contributed by atoms with Gasteiger partial charge in [0.25, 0.3) is 23.5 Å². The Labute approximate surface area is 263 Å². The van der Waals surface area contributed by atoms with Gasteiger partial charge in [-0.05, 0) is 46.8 Å². The van der Waals surface area contributed by atoms with Crippen molar-refractivity contribution in [1.29, 1.82) is 0 Å². The molecule has 2 aliphatic rings. The smallest absolute Gasteiger partial charge is 0.410 e. The summed E-state index contributed by atoms with van der Waals surface area (Å²) < 4.78 is 9.45. The van der Waals surface area contributed by atoms with Crippen molar-refractivity contribution in [3.05, 3.63) is 58.9 Å². The van der Waals surface area contributed by atoms with Crippen LogP contribution in [0.1, 0.15) is 71.5 Å². The van der Waals surface area contributed by atoms with Gasteiger partial charge < -0.3 is 24.5 Å². The van der Waals surface area contributed by atoms with E-state index in [9.17, 15) is 24.3 Å². The standard InChI is InChI=1S/C33H43N6O6/c1-8-37-26-17-24(29(41)35-13-15-36(16-14-35)32(44)45-33(3,4)5)25(34(6)7)18-27(26)38(19-21(2)40)28(37)20-39-30(42)22-11-9-10-12-23(22)31(39)43/h9-12,17-18,21,40H,8,13-16,19-20H2,1-7H3/q+1/t21-/m0/s1. The summed E-state index contributed by atoms with van der Waals surface area (Å²) in [6, 6.07) is 10.6. The van der Waals surface area contributed by atoms with Crippen molar-refractivity contribution in [2.24, 2.45) is 0 Å². The number of aliphatic hydroxyl groups excluding tert-OH is 1. The quantitative estimate of drug-likeness (QED) is 0.319. The number of aliphatic hydroxyl groups is 1. The summed E-state index contributed by atoms with van der Waals surface area (Å²) in [5, 5.41) is 10.5. The lowest BCUT2D eigenvalue weighted by molar-refractivity contribution is -0.677. The maximum Gasteiger partial charge on any atom is 0.410 e. The van der Waals surface area contributed by atoms with Gasteiger partial charge in [0.05, 0.1) is 35.0 Å². The summed E-state index contributed by atoms with van der Waals surface area (Å²) in [5.74, 6) is -0.203. The Morgan fingerprint density at radius 3 is 2.09 bits per heavy atom. The summed E-state index contributed by atoms with van der Waals surface area (Å²) in [6.07, 6.45) is -1.10. The number of nitrogens with zero attached hydrogens (tertiary/aromatic N) is 6. The molecule has 1 atom stereocenters. The Morgan fingerprint density at radius 1 is 1.00 bits per heavy atom. The van der Waals surface area contributed by atoms with Crippen molar-refractivity contribution >= 4 is 40.5 Å². The molecular formula is C33H43N6O6+. The minimum absolute atomic E-state index is 0.00872. The lowest BCUT2D eigenvalue weighted by atomic mass is 10.1. The van der Waals surface area contributed by atoms with Crippen molar-refractivity contribution in [3.63, 3.8) is 0 Å². The molecule has 4 amide bonds. The number of rotatable bonds is 7. The van der Waals surface area contributed by atoms with Crippen LogP contribution in [0.5, 0.6) is 0 Å². The number of hydrogen-bond acceptors (Lipinski definition) is 7. The van der Waals surface area contributed by atoms with Crippen molar-refractivity contribution in [2.75, 3.05) is 45.2 Å². The summed E-state index contributed by atoms with van der Waals surface area (Å²) in [6.45, 7) is 11.3. The molecule has 1 aromatic heterocycles. The Balaban J connectivity index is 1.52. The molecule has 0 spiro atoms. The summed E-state index contributed by atoms with van der Waals surface area (Å²) >= 11 is 0. The number of benzene rings is 2. The van der Waals surface area contributed by atoms with Crippen molar-refractivity contribution in [1.82, 2.24) is 19.3 Å². The van der Waals surface area contributed by atoms with Crippen molar-refractivity contribution < 1.29 is 33.6 Å². The van der Waals surface area contributed by atoms with E-state index >= 15 is 0 Å². The normalized spacial score (nSPS) is 16.0. The van der Waals surface area contributed by atoms with Crippen LogP contribution in [-0.2, 0) is 24.4 Å². The number of fused-ring (bicyclic) bond motifs is 2. The predicted octanol–water partition coefficient (Wildman–Crippen LogP) is 2.88. The van der Waals surface area contributed by atoms with Crippen LogP contribution >= 0.6 is 0 Å². The molecular weight excluding hydrogens is 576 g/mol. The van der Waals surface area contributed by atoms with Crippen LogP contribution in [0.4, 0.5) is 10.5 Å². The highest BCUT2D eigenvalue weighted by molar-refractivity contribution is 6.21. The molecule has 240 valence electrons. The molecule has 3 heterocycles. The molecule has 0 unspecified atom stereocenters. The van der Waals surface area contributed by atoms with Crippen LogP contribution in [0, 0.1) is 0 Å². The van der Waals surface area contributed by atoms with Crippen LogP contribution in [0.3, 0.4) is 0 Å². The van der Waals surface area contributed by atoms with Gasteiger partial charge in [-0.3, -0.25) is 19.3 Å². The number of aromatic nitrogens is 2. The van der Waals surface area contributed by atoms with Crippen LogP contribution in [-0.4, -0.2) is 100 Å². The van der Waals surface area contributed by atoms with E-state index in [0.717, 1.165) is 11.0 Å². The molecule has 1 N–H and O–H groups in total. The molecule has 0 radical (unpaired) electrons. The van der Waals surface area contributed by atoms with Crippen LogP contribution < -0.4 is 9.47 Å². The first kappa shape index (κ1) is 32.0. The molecule has 1 saturated heterocycles. The predicted molar refractivity (Wildman–Crippen MR) is 168 cm³/mol. The number of carbonyl (C=O) groups excluding carboxylic acids is 4. The van der Waals surface area contributed by atoms with Gasteiger partial charge >= 0.3 is 6.09 Å². The molecule has 2 aliphatic heterocycles. The van der Waals surface area contributed by atoms with Gasteiger partial charge in [-0.15, -0.1) is 0 Å². The second kappa shape index (κ2) is 12.2. The third kappa shape index (κ3) is 6.11. The van der Waals surface area contributed by atoms with E-state index in [1.54, 1.807) is 41.0 Å². The summed E-state index contributed by atoms with van der Waals surface area (Å²) in [5.41, 5.74) is 2.88. The number of imidazole rings is 1. The first-order valence-electron chi connectivity index (χ1n) is 15.4. The first-order chi connectivity index (χ1) is 21.2. The number of aryl methyl sites for hydroxylation is 1. The fourth-order valence-electron chi connectivity index (χ4n) is 6.07. The van der Waals surface area contributed by atoms with Gasteiger partial charge in [-0.1, -0.05) is 12.1 Å². The maximum absolute atomic E-state index is 14.0. The lowest BCUT2D eigenvalue weighted by Crippen LogP contribution is -2.51. The molecule has 2 aromatic carbocycles. The van der Waals surface area contributed by atoms with Gasteiger partial charge in [0.15, 0.2) is 11.0 Å². The lowest BCUT2D eigenvalue weighted by Gasteiger charge is -2.36. The molecule has 1 fully saturated rings. The van der Waals surface area contributed by atoms with Gasteiger partial charge in [-0.2, -0.15) is 0 Å². The minimum atomic E-state index is -0.711. The van der Waals surface area contributed by atoms with Crippen molar-refractivity contribution in [2.45, 2.75) is 66.0 Å². The van der Waals surface area contributed by atoms with Gasteiger partial charge in [0.1, 0.15) is 18.7 Å². The molecule has 12 nitrogen and oxygen atoms in total. The molecule has 3 aromatic rings. The van der Waals surface area contributed by atoms with E-state index in [1.807, 2.05) is 68.0 Å². The maximum atomic E-state index is 14.0. The number of hydrogen-bond donors (Lipinski definition) is 1. The van der Waals surface area contributed by atoms with Gasteiger partial charge in [-0.25, -0.2) is 13.9 Å². The number of anilines is 1. The number of imide groups is 1. The topological polar surface area (TPSA) is 120 Å². The van der Waals surface area contributed by atoms with E-state index < -0.39 is 11.7 Å². The molecule has 0 saturated carbocycles. The van der Waals surface area contributed by atoms with Gasteiger partial charge in [0, 0.05) is 52.4 Å². The number of ether oxygens (including phenoxy) is 1. The average molecular weight is 620 g/mol. The number of amides is 4. The molecule has 5 rings (SSSR count). The van der Waals surface area contributed by atoms with E-state index in [-0.39, 0.29) is 36.9 Å². The zero-order valence-electron chi connectivity index (χ0n) is 27.2. The van der Waals surface area contributed by atoms with Crippen molar-refractivity contribution in [3.8, 4) is 0 Å². The zero-order valence-corrected chi connectivity index (χ0v) is 27.2. The number of carbonyl (C=O) groups is 4. The Hall–Kier alpha value is -4.45. The first-order valence-corrected chi connectivity index (χ1v) is 15.4. The fourth-order valence-corrected chi connectivity index (χ4v) is 6.07. The molecule has 12 heteroatoms. The third-order valence-corrected chi connectivity index (χ3v) is 8.17. The Kier molecular flexibility index (Phi) is 8.63. The largest absolute Gasteiger partial charge is 0.444 e. The van der Waals surface area contributed by atoms with Crippen LogP contribution in [0.2, 0.25) is 0 Å². The Morgan fingerprint density at radius 2 is 1.58 bits per heavy atom. The molecule has 0 bridgehead atoms. The monoisotopic (exact) mass is 619 g/mol. The van der Waals surface area contributed by atoms with Gasteiger partial charge in [0.2, 0.25) is 0 Å². The highest BCUT2D eigenvalue weighted by Gasteiger charge is 2.39. The Bertz CT molecular complexity index is 1630. The third-order valence-electron chi connectivity index (χ3n) is 8.17. The second-order valence-corrected chi connectivity index (χ2v) is 12.9. The highest BCUT2D eigenvalue weighted by Crippen LogP contribution is 2.30. The summed E-state index contributed by atoms with van der Waals surface area (Å²) in [7, 11) is 3.74. The van der Waals surface area contributed by atoms with E-state index in [0.29, 0.717) is 60.9 Å². The zero-order chi connectivity index (χ0) is 32.8. The fraction of sp³-hybridized carbons (Fsp3) is 0.485. The minimum Gasteiger partial charge on any atom is -0.444 e. The second-order valence-electron chi connectivity index (χ2n) is 12.9.